The molecular weight excluding hydrogens is 148 g/mol. The molecule has 0 spiro atoms. The SMILES string of the molecule is CC(C)CC/C=C\[C@@H](C)[C@H](C)O. The van der Waals surface area contributed by atoms with E-state index in [2.05, 4.69) is 26.0 Å². The van der Waals surface area contributed by atoms with Crippen molar-refractivity contribution in [2.75, 3.05) is 0 Å². The van der Waals surface area contributed by atoms with Gasteiger partial charge in [0.2, 0.25) is 0 Å². The Hall–Kier alpha value is -0.300. The summed E-state index contributed by atoms with van der Waals surface area (Å²) in [5, 5.41) is 9.18. The number of hydrogen-bond donors (Lipinski definition) is 1. The van der Waals surface area contributed by atoms with E-state index in [4.69, 9.17) is 0 Å². The molecule has 0 aromatic heterocycles. The molecule has 1 heteroatoms. The van der Waals surface area contributed by atoms with Gasteiger partial charge in [0.05, 0.1) is 6.10 Å². The second-order valence-corrected chi connectivity index (χ2v) is 4.00. The van der Waals surface area contributed by atoms with E-state index >= 15 is 0 Å². The lowest BCUT2D eigenvalue weighted by atomic mass is 10.0. The van der Waals surface area contributed by atoms with Crippen molar-refractivity contribution in [3.05, 3.63) is 12.2 Å². The molecule has 72 valence electrons. The molecule has 2 atom stereocenters. The van der Waals surface area contributed by atoms with E-state index < -0.39 is 0 Å². The summed E-state index contributed by atoms with van der Waals surface area (Å²) in [4.78, 5) is 0. The Balaban J connectivity index is 3.48. The van der Waals surface area contributed by atoms with Crippen LogP contribution in [0.15, 0.2) is 12.2 Å². The zero-order valence-corrected chi connectivity index (χ0v) is 8.75. The summed E-state index contributed by atoms with van der Waals surface area (Å²) in [7, 11) is 0. The van der Waals surface area contributed by atoms with Crippen LogP contribution in [0.3, 0.4) is 0 Å². The van der Waals surface area contributed by atoms with Gasteiger partial charge in [-0.2, -0.15) is 0 Å². The quantitative estimate of drug-likeness (QED) is 0.629. The summed E-state index contributed by atoms with van der Waals surface area (Å²) < 4.78 is 0. The van der Waals surface area contributed by atoms with E-state index in [9.17, 15) is 5.11 Å². The van der Waals surface area contributed by atoms with Crippen LogP contribution in [0.4, 0.5) is 0 Å². The van der Waals surface area contributed by atoms with Gasteiger partial charge in [0.1, 0.15) is 0 Å². The topological polar surface area (TPSA) is 20.2 Å². The van der Waals surface area contributed by atoms with Crippen molar-refractivity contribution in [2.45, 2.75) is 46.6 Å². The standard InChI is InChI=1S/C11H22O/c1-9(2)7-5-6-8-10(3)11(4)12/h6,8-12H,5,7H2,1-4H3/b8-6-/t10-,11+/m1/s1. The van der Waals surface area contributed by atoms with E-state index in [0.29, 0.717) is 0 Å². The predicted octanol–water partition coefficient (Wildman–Crippen LogP) is 3.00. The first-order valence-electron chi connectivity index (χ1n) is 4.88. The molecule has 0 saturated carbocycles. The zero-order chi connectivity index (χ0) is 9.56. The Morgan fingerprint density at radius 3 is 2.17 bits per heavy atom. The molecule has 1 nitrogen and oxygen atoms in total. The van der Waals surface area contributed by atoms with Crippen molar-refractivity contribution in [3.8, 4) is 0 Å². The normalized spacial score (nSPS) is 17.2. The highest BCUT2D eigenvalue weighted by molar-refractivity contribution is 4.88. The predicted molar refractivity (Wildman–Crippen MR) is 54.1 cm³/mol. The van der Waals surface area contributed by atoms with Crippen LogP contribution in [-0.4, -0.2) is 11.2 Å². The summed E-state index contributed by atoms with van der Waals surface area (Å²) >= 11 is 0. The van der Waals surface area contributed by atoms with Gasteiger partial charge in [-0.05, 0) is 31.6 Å². The summed E-state index contributed by atoms with van der Waals surface area (Å²) in [5.74, 6) is 1.06. The lowest BCUT2D eigenvalue weighted by Gasteiger charge is -2.08. The molecule has 12 heavy (non-hydrogen) atoms. The Morgan fingerprint density at radius 2 is 1.75 bits per heavy atom. The van der Waals surface area contributed by atoms with Crippen LogP contribution >= 0.6 is 0 Å². The van der Waals surface area contributed by atoms with Gasteiger partial charge >= 0.3 is 0 Å². The average Bonchev–Trinajstić information content (AvgIpc) is 1.97. The minimum atomic E-state index is -0.222. The Labute approximate surface area is 76.5 Å². The van der Waals surface area contributed by atoms with E-state index in [1.54, 1.807) is 0 Å². The smallest absolute Gasteiger partial charge is 0.0572 e. The molecule has 0 aliphatic heterocycles. The average molecular weight is 170 g/mol. The summed E-state index contributed by atoms with van der Waals surface area (Å²) in [6.07, 6.45) is 6.43. The maximum absolute atomic E-state index is 9.18. The third-order valence-electron chi connectivity index (χ3n) is 2.11. The van der Waals surface area contributed by atoms with Crippen LogP contribution in [-0.2, 0) is 0 Å². The van der Waals surface area contributed by atoms with Gasteiger partial charge in [-0.15, -0.1) is 0 Å². The molecule has 0 aliphatic rings. The van der Waals surface area contributed by atoms with Gasteiger partial charge in [-0.1, -0.05) is 32.9 Å². The fraction of sp³-hybridized carbons (Fsp3) is 0.818. The Bertz CT molecular complexity index is 125. The molecular formula is C11H22O. The van der Waals surface area contributed by atoms with Crippen LogP contribution in [0.1, 0.15) is 40.5 Å². The Morgan fingerprint density at radius 1 is 1.17 bits per heavy atom. The van der Waals surface area contributed by atoms with Crippen molar-refractivity contribution < 1.29 is 5.11 Å². The minimum Gasteiger partial charge on any atom is -0.393 e. The number of allylic oxidation sites excluding steroid dienone is 1. The van der Waals surface area contributed by atoms with Crippen molar-refractivity contribution in [3.63, 3.8) is 0 Å². The largest absolute Gasteiger partial charge is 0.393 e. The maximum Gasteiger partial charge on any atom is 0.0572 e. The zero-order valence-electron chi connectivity index (χ0n) is 8.75. The van der Waals surface area contributed by atoms with Gasteiger partial charge < -0.3 is 5.11 Å². The highest BCUT2D eigenvalue weighted by Gasteiger charge is 2.02. The molecule has 0 saturated heterocycles. The molecule has 0 amide bonds. The van der Waals surface area contributed by atoms with Crippen LogP contribution in [0.25, 0.3) is 0 Å². The third-order valence-corrected chi connectivity index (χ3v) is 2.11. The molecule has 0 aromatic rings. The highest BCUT2D eigenvalue weighted by atomic mass is 16.3. The molecule has 0 rings (SSSR count). The number of hydrogen-bond acceptors (Lipinski definition) is 1. The second kappa shape index (κ2) is 6.24. The number of rotatable bonds is 5. The van der Waals surface area contributed by atoms with Crippen LogP contribution in [0, 0.1) is 11.8 Å². The van der Waals surface area contributed by atoms with Gasteiger partial charge in [-0.3, -0.25) is 0 Å². The van der Waals surface area contributed by atoms with Crippen LogP contribution in [0.5, 0.6) is 0 Å². The lowest BCUT2D eigenvalue weighted by Crippen LogP contribution is -2.09. The molecule has 0 aliphatic carbocycles. The molecule has 0 fully saturated rings. The van der Waals surface area contributed by atoms with Crippen molar-refractivity contribution in [1.82, 2.24) is 0 Å². The summed E-state index contributed by atoms with van der Waals surface area (Å²) in [5.41, 5.74) is 0. The monoisotopic (exact) mass is 170 g/mol. The van der Waals surface area contributed by atoms with E-state index in [0.717, 1.165) is 12.3 Å². The molecule has 0 heterocycles. The second-order valence-electron chi connectivity index (χ2n) is 4.00. The molecule has 0 radical (unpaired) electrons. The number of aliphatic hydroxyl groups excluding tert-OH is 1. The van der Waals surface area contributed by atoms with Crippen molar-refractivity contribution in [1.29, 1.82) is 0 Å². The molecule has 0 aromatic carbocycles. The van der Waals surface area contributed by atoms with E-state index in [1.165, 1.54) is 6.42 Å². The molecule has 0 bridgehead atoms. The van der Waals surface area contributed by atoms with Gasteiger partial charge in [0, 0.05) is 0 Å². The number of aliphatic hydroxyl groups is 1. The minimum absolute atomic E-state index is 0.222. The van der Waals surface area contributed by atoms with Crippen molar-refractivity contribution >= 4 is 0 Å². The maximum atomic E-state index is 9.18. The molecule has 0 unspecified atom stereocenters. The highest BCUT2D eigenvalue weighted by Crippen LogP contribution is 2.08. The first kappa shape index (κ1) is 11.7. The van der Waals surface area contributed by atoms with Crippen LogP contribution in [0.2, 0.25) is 0 Å². The Kier molecular flexibility index (Phi) is 6.09. The van der Waals surface area contributed by atoms with Gasteiger partial charge in [-0.25, -0.2) is 0 Å². The fourth-order valence-corrected chi connectivity index (χ4v) is 0.901. The summed E-state index contributed by atoms with van der Waals surface area (Å²) in [6.45, 7) is 8.33. The third kappa shape index (κ3) is 6.41. The van der Waals surface area contributed by atoms with Gasteiger partial charge in [0.25, 0.3) is 0 Å². The van der Waals surface area contributed by atoms with Crippen molar-refractivity contribution in [2.24, 2.45) is 11.8 Å². The first-order chi connectivity index (χ1) is 5.54. The molecule has 1 N–H and O–H groups in total. The van der Waals surface area contributed by atoms with E-state index in [1.807, 2.05) is 13.8 Å². The van der Waals surface area contributed by atoms with E-state index in [-0.39, 0.29) is 12.0 Å². The van der Waals surface area contributed by atoms with Crippen LogP contribution < -0.4 is 0 Å². The van der Waals surface area contributed by atoms with Gasteiger partial charge in [0.15, 0.2) is 0 Å². The first-order valence-corrected chi connectivity index (χ1v) is 4.88. The lowest BCUT2D eigenvalue weighted by molar-refractivity contribution is 0.157. The fourth-order valence-electron chi connectivity index (χ4n) is 0.901. The summed E-state index contributed by atoms with van der Waals surface area (Å²) in [6, 6.07) is 0.